The van der Waals surface area contributed by atoms with Gasteiger partial charge in [-0.1, -0.05) is 32.8 Å². The van der Waals surface area contributed by atoms with E-state index in [1.165, 1.54) is 6.42 Å². The van der Waals surface area contributed by atoms with Crippen LogP contribution in [0, 0.1) is 0 Å². The smallest absolute Gasteiger partial charge is 0.224 e. The van der Waals surface area contributed by atoms with Crippen LogP contribution in [-0.2, 0) is 11.2 Å². The largest absolute Gasteiger partial charge is 0.492 e. The molecule has 0 heterocycles. The molecule has 0 aromatic heterocycles. The summed E-state index contributed by atoms with van der Waals surface area (Å²) < 4.78 is 5.63. The van der Waals surface area contributed by atoms with E-state index in [2.05, 4.69) is 12.2 Å². The molecule has 118 valence electrons. The second-order valence-electron chi connectivity index (χ2n) is 5.27. The molecule has 0 radical (unpaired) electrons. The molecular weight excluding hydrogens is 264 g/mol. The van der Waals surface area contributed by atoms with Crippen molar-refractivity contribution >= 4 is 11.6 Å². The van der Waals surface area contributed by atoms with Crippen molar-refractivity contribution < 1.29 is 9.53 Å². The molecule has 4 heteroatoms. The number of ether oxygens (including phenoxy) is 1. The van der Waals surface area contributed by atoms with Crippen LogP contribution in [0.25, 0.3) is 0 Å². The highest BCUT2D eigenvalue weighted by Crippen LogP contribution is 2.27. The topological polar surface area (TPSA) is 64.3 Å². The minimum absolute atomic E-state index is 0.0108. The SMILES string of the molecule is CCCCC(N)Cc1ccc(NC(=O)CC)c(OCC)c1. The highest BCUT2D eigenvalue weighted by Gasteiger charge is 2.10. The molecule has 0 bridgehead atoms. The molecule has 21 heavy (non-hydrogen) atoms. The lowest BCUT2D eigenvalue weighted by molar-refractivity contribution is -0.115. The van der Waals surface area contributed by atoms with Gasteiger partial charge in [-0.05, 0) is 37.5 Å². The maximum atomic E-state index is 11.5. The van der Waals surface area contributed by atoms with Crippen LogP contribution in [0.2, 0.25) is 0 Å². The first-order valence-corrected chi connectivity index (χ1v) is 7.91. The first-order valence-electron chi connectivity index (χ1n) is 7.91. The van der Waals surface area contributed by atoms with Gasteiger partial charge in [0.2, 0.25) is 5.91 Å². The standard InChI is InChI=1S/C17H28N2O2/c1-4-7-8-14(18)11-13-9-10-15(19-17(20)5-2)16(12-13)21-6-3/h9-10,12,14H,4-8,11,18H2,1-3H3,(H,19,20). The van der Waals surface area contributed by atoms with Gasteiger partial charge < -0.3 is 15.8 Å². The van der Waals surface area contributed by atoms with Crippen molar-refractivity contribution in [3.63, 3.8) is 0 Å². The Morgan fingerprint density at radius 3 is 2.71 bits per heavy atom. The normalized spacial score (nSPS) is 12.0. The Bertz CT molecular complexity index is 446. The van der Waals surface area contributed by atoms with E-state index in [1.54, 1.807) is 0 Å². The second-order valence-corrected chi connectivity index (χ2v) is 5.27. The van der Waals surface area contributed by atoms with Gasteiger partial charge in [0, 0.05) is 12.5 Å². The summed E-state index contributed by atoms with van der Waals surface area (Å²) in [7, 11) is 0. The van der Waals surface area contributed by atoms with Gasteiger partial charge in [0.1, 0.15) is 5.75 Å². The zero-order valence-electron chi connectivity index (χ0n) is 13.4. The number of unbranched alkanes of at least 4 members (excludes halogenated alkanes) is 1. The molecule has 0 aliphatic heterocycles. The van der Waals surface area contributed by atoms with Crippen LogP contribution in [0.15, 0.2) is 18.2 Å². The number of benzene rings is 1. The Morgan fingerprint density at radius 1 is 1.33 bits per heavy atom. The molecule has 1 unspecified atom stereocenters. The molecule has 0 saturated heterocycles. The van der Waals surface area contributed by atoms with Gasteiger partial charge >= 0.3 is 0 Å². The summed E-state index contributed by atoms with van der Waals surface area (Å²) in [6.07, 6.45) is 4.65. The monoisotopic (exact) mass is 292 g/mol. The average Bonchev–Trinajstić information content (AvgIpc) is 2.47. The fraction of sp³-hybridized carbons (Fsp3) is 0.588. The molecule has 1 amide bonds. The second kappa shape index (κ2) is 9.40. The van der Waals surface area contributed by atoms with Gasteiger partial charge in [-0.3, -0.25) is 4.79 Å². The van der Waals surface area contributed by atoms with Gasteiger partial charge in [-0.25, -0.2) is 0 Å². The number of carbonyl (C=O) groups is 1. The molecule has 0 fully saturated rings. The Kier molecular flexibility index (Phi) is 7.83. The number of hydrogen-bond donors (Lipinski definition) is 2. The number of anilines is 1. The van der Waals surface area contributed by atoms with Crippen molar-refractivity contribution in [1.82, 2.24) is 0 Å². The van der Waals surface area contributed by atoms with E-state index in [-0.39, 0.29) is 11.9 Å². The highest BCUT2D eigenvalue weighted by atomic mass is 16.5. The van der Waals surface area contributed by atoms with E-state index in [1.807, 2.05) is 32.0 Å². The van der Waals surface area contributed by atoms with E-state index in [4.69, 9.17) is 10.5 Å². The lowest BCUT2D eigenvalue weighted by Crippen LogP contribution is -2.22. The van der Waals surface area contributed by atoms with Crippen LogP contribution < -0.4 is 15.8 Å². The summed E-state index contributed by atoms with van der Waals surface area (Å²) in [6, 6.07) is 6.08. The first kappa shape index (κ1) is 17.5. The van der Waals surface area contributed by atoms with Gasteiger partial charge in [-0.15, -0.1) is 0 Å². The summed E-state index contributed by atoms with van der Waals surface area (Å²) in [5.74, 6) is 0.711. The summed E-state index contributed by atoms with van der Waals surface area (Å²) in [5, 5.41) is 2.86. The third-order valence-electron chi connectivity index (χ3n) is 3.37. The Balaban J connectivity index is 2.79. The molecule has 0 aliphatic rings. The van der Waals surface area contributed by atoms with Crippen LogP contribution in [0.1, 0.15) is 52.0 Å². The summed E-state index contributed by atoms with van der Waals surface area (Å²) >= 11 is 0. The van der Waals surface area contributed by atoms with E-state index < -0.39 is 0 Å². The van der Waals surface area contributed by atoms with Crippen LogP contribution in [-0.4, -0.2) is 18.6 Å². The zero-order chi connectivity index (χ0) is 15.7. The molecule has 0 saturated carbocycles. The van der Waals surface area contributed by atoms with Crippen LogP contribution in [0.5, 0.6) is 5.75 Å². The van der Waals surface area contributed by atoms with Crippen molar-refractivity contribution in [3.05, 3.63) is 23.8 Å². The van der Waals surface area contributed by atoms with E-state index in [0.29, 0.717) is 13.0 Å². The molecule has 1 atom stereocenters. The first-order chi connectivity index (χ1) is 10.1. The Labute approximate surface area is 128 Å². The maximum Gasteiger partial charge on any atom is 0.224 e. The number of hydrogen-bond acceptors (Lipinski definition) is 3. The van der Waals surface area contributed by atoms with Gasteiger partial charge in [0.05, 0.1) is 12.3 Å². The van der Waals surface area contributed by atoms with Crippen LogP contribution in [0.3, 0.4) is 0 Å². The number of carbonyl (C=O) groups excluding carboxylic acids is 1. The third kappa shape index (κ3) is 6.17. The number of nitrogens with two attached hydrogens (primary N) is 1. The quantitative estimate of drug-likeness (QED) is 0.732. The molecule has 3 N–H and O–H groups in total. The molecule has 0 aliphatic carbocycles. The highest BCUT2D eigenvalue weighted by molar-refractivity contribution is 5.92. The molecule has 1 aromatic carbocycles. The maximum absolute atomic E-state index is 11.5. The number of amides is 1. The van der Waals surface area contributed by atoms with Crippen LogP contribution in [0.4, 0.5) is 5.69 Å². The average molecular weight is 292 g/mol. The molecule has 1 rings (SSSR count). The zero-order valence-corrected chi connectivity index (χ0v) is 13.4. The van der Waals surface area contributed by atoms with Gasteiger partial charge in [0.15, 0.2) is 0 Å². The molecular formula is C17H28N2O2. The van der Waals surface area contributed by atoms with Crippen molar-refractivity contribution in [3.8, 4) is 5.75 Å². The summed E-state index contributed by atoms with van der Waals surface area (Å²) in [4.78, 5) is 11.5. The van der Waals surface area contributed by atoms with Gasteiger partial charge in [-0.2, -0.15) is 0 Å². The summed E-state index contributed by atoms with van der Waals surface area (Å²) in [6.45, 7) is 6.51. The predicted molar refractivity (Wildman–Crippen MR) is 87.7 cm³/mol. The number of nitrogens with one attached hydrogen (secondary N) is 1. The van der Waals surface area contributed by atoms with Crippen molar-refractivity contribution in [1.29, 1.82) is 0 Å². The van der Waals surface area contributed by atoms with E-state index in [9.17, 15) is 4.79 Å². The Hall–Kier alpha value is -1.55. The van der Waals surface area contributed by atoms with E-state index in [0.717, 1.165) is 36.3 Å². The van der Waals surface area contributed by atoms with E-state index >= 15 is 0 Å². The number of rotatable bonds is 9. The van der Waals surface area contributed by atoms with Crippen molar-refractivity contribution in [2.75, 3.05) is 11.9 Å². The molecule has 0 spiro atoms. The van der Waals surface area contributed by atoms with Crippen molar-refractivity contribution in [2.45, 2.75) is 58.9 Å². The fourth-order valence-electron chi connectivity index (χ4n) is 2.18. The summed E-state index contributed by atoms with van der Waals surface area (Å²) in [5.41, 5.74) is 8.03. The third-order valence-corrected chi connectivity index (χ3v) is 3.37. The predicted octanol–water partition coefficient (Wildman–Crippen LogP) is 3.49. The lowest BCUT2D eigenvalue weighted by Gasteiger charge is -2.15. The minimum Gasteiger partial charge on any atom is -0.492 e. The molecule has 4 nitrogen and oxygen atoms in total. The minimum atomic E-state index is -0.0108. The Morgan fingerprint density at radius 2 is 2.10 bits per heavy atom. The van der Waals surface area contributed by atoms with Crippen molar-refractivity contribution in [2.24, 2.45) is 5.73 Å². The van der Waals surface area contributed by atoms with Crippen LogP contribution >= 0.6 is 0 Å². The fourth-order valence-corrected chi connectivity index (χ4v) is 2.18. The van der Waals surface area contributed by atoms with Gasteiger partial charge in [0.25, 0.3) is 0 Å². The lowest BCUT2D eigenvalue weighted by atomic mass is 10.0. The molecule has 1 aromatic rings.